The van der Waals surface area contributed by atoms with E-state index in [1.165, 1.54) is 0 Å². The zero-order valence-electron chi connectivity index (χ0n) is 12.3. The Bertz CT molecular complexity index is 607. The van der Waals surface area contributed by atoms with Crippen LogP contribution in [-0.4, -0.2) is 32.4 Å². The SMILES string of the molecule is Nc1ccc2c(c1)N(S(=O)(=O)N1CCCCCC1)CCC2. The Labute approximate surface area is 126 Å². The van der Waals surface area contributed by atoms with Gasteiger partial charge in [0.05, 0.1) is 5.69 Å². The second-order valence-electron chi connectivity index (χ2n) is 5.88. The largest absolute Gasteiger partial charge is 0.399 e. The Hall–Kier alpha value is -1.27. The fraction of sp³-hybridized carbons (Fsp3) is 0.600. The molecule has 2 aliphatic rings. The van der Waals surface area contributed by atoms with Gasteiger partial charge in [-0.25, -0.2) is 0 Å². The molecule has 21 heavy (non-hydrogen) atoms. The van der Waals surface area contributed by atoms with E-state index in [9.17, 15) is 8.42 Å². The molecule has 6 heteroatoms. The van der Waals surface area contributed by atoms with Gasteiger partial charge in [-0.1, -0.05) is 18.9 Å². The number of nitrogens with zero attached hydrogens (tertiary/aromatic N) is 2. The molecular weight excluding hydrogens is 286 g/mol. The van der Waals surface area contributed by atoms with E-state index < -0.39 is 10.2 Å². The fourth-order valence-corrected chi connectivity index (χ4v) is 4.99. The predicted octanol–water partition coefficient (Wildman–Crippen LogP) is 2.14. The number of aryl methyl sites for hydroxylation is 1. The summed E-state index contributed by atoms with van der Waals surface area (Å²) in [7, 11) is -3.43. The van der Waals surface area contributed by atoms with Gasteiger partial charge in [-0.3, -0.25) is 4.31 Å². The standard InChI is InChI=1S/C15H23N3O2S/c16-14-8-7-13-6-5-11-18(15(13)12-14)21(19,20)17-9-3-1-2-4-10-17/h7-8,12H,1-6,9-11,16H2. The van der Waals surface area contributed by atoms with Crippen LogP contribution in [0.25, 0.3) is 0 Å². The van der Waals surface area contributed by atoms with E-state index in [1.807, 2.05) is 12.1 Å². The van der Waals surface area contributed by atoms with E-state index in [2.05, 4.69) is 0 Å². The Morgan fingerprint density at radius 1 is 0.952 bits per heavy atom. The summed E-state index contributed by atoms with van der Waals surface area (Å²) in [5, 5.41) is 0. The molecule has 1 fully saturated rings. The highest BCUT2D eigenvalue weighted by Gasteiger charge is 2.33. The number of hydrogen-bond acceptors (Lipinski definition) is 3. The first kappa shape index (κ1) is 14.7. The van der Waals surface area contributed by atoms with Gasteiger partial charge in [0.15, 0.2) is 0 Å². The first-order valence-electron chi connectivity index (χ1n) is 7.75. The molecule has 3 rings (SSSR count). The molecule has 1 aromatic rings. The molecule has 116 valence electrons. The Balaban J connectivity index is 1.94. The van der Waals surface area contributed by atoms with E-state index in [0.29, 0.717) is 25.3 Å². The number of nitrogens with two attached hydrogens (primary N) is 1. The molecular formula is C15H23N3O2S. The van der Waals surface area contributed by atoms with Crippen molar-refractivity contribution in [1.29, 1.82) is 0 Å². The topological polar surface area (TPSA) is 66.6 Å². The quantitative estimate of drug-likeness (QED) is 0.851. The number of fused-ring (bicyclic) bond motifs is 1. The van der Waals surface area contributed by atoms with Gasteiger partial charge in [-0.2, -0.15) is 12.7 Å². The zero-order chi connectivity index (χ0) is 14.9. The molecule has 2 N–H and O–H groups in total. The second kappa shape index (κ2) is 5.85. The lowest BCUT2D eigenvalue weighted by molar-refractivity contribution is 0.420. The summed E-state index contributed by atoms with van der Waals surface area (Å²) in [6.07, 6.45) is 5.93. The van der Waals surface area contributed by atoms with Crippen molar-refractivity contribution in [2.24, 2.45) is 0 Å². The maximum absolute atomic E-state index is 13.0. The molecule has 0 bridgehead atoms. The lowest BCUT2D eigenvalue weighted by atomic mass is 10.0. The molecule has 1 saturated heterocycles. The third kappa shape index (κ3) is 2.87. The number of rotatable bonds is 2. The van der Waals surface area contributed by atoms with Crippen molar-refractivity contribution >= 4 is 21.6 Å². The lowest BCUT2D eigenvalue weighted by Crippen LogP contribution is -2.46. The predicted molar refractivity (Wildman–Crippen MR) is 85.5 cm³/mol. The smallest absolute Gasteiger partial charge is 0.304 e. The highest BCUT2D eigenvalue weighted by atomic mass is 32.2. The zero-order valence-corrected chi connectivity index (χ0v) is 13.1. The summed E-state index contributed by atoms with van der Waals surface area (Å²) >= 11 is 0. The van der Waals surface area contributed by atoms with Crippen LogP contribution >= 0.6 is 0 Å². The van der Waals surface area contributed by atoms with Crippen LogP contribution < -0.4 is 10.0 Å². The summed E-state index contributed by atoms with van der Waals surface area (Å²) in [4.78, 5) is 0. The number of benzene rings is 1. The minimum Gasteiger partial charge on any atom is -0.399 e. The molecule has 0 spiro atoms. The molecule has 0 saturated carbocycles. The summed E-state index contributed by atoms with van der Waals surface area (Å²) in [5.41, 5.74) is 8.32. The third-order valence-electron chi connectivity index (χ3n) is 4.36. The van der Waals surface area contributed by atoms with Gasteiger partial charge < -0.3 is 5.73 Å². The maximum atomic E-state index is 13.0. The Kier molecular flexibility index (Phi) is 4.08. The molecule has 5 nitrogen and oxygen atoms in total. The molecule has 0 amide bonds. The van der Waals surface area contributed by atoms with Crippen LogP contribution in [0.15, 0.2) is 18.2 Å². The maximum Gasteiger partial charge on any atom is 0.304 e. The van der Waals surface area contributed by atoms with Crippen molar-refractivity contribution in [3.63, 3.8) is 0 Å². The summed E-state index contributed by atoms with van der Waals surface area (Å²) in [6.45, 7) is 1.82. The monoisotopic (exact) mass is 309 g/mol. The van der Waals surface area contributed by atoms with Gasteiger partial charge >= 0.3 is 10.2 Å². The summed E-state index contributed by atoms with van der Waals surface area (Å²) in [5.74, 6) is 0. The molecule has 0 aliphatic carbocycles. The van der Waals surface area contributed by atoms with Crippen molar-refractivity contribution in [3.8, 4) is 0 Å². The molecule has 0 unspecified atom stereocenters. The Morgan fingerprint density at radius 3 is 2.38 bits per heavy atom. The average molecular weight is 309 g/mol. The van der Waals surface area contributed by atoms with Gasteiger partial charge in [0.2, 0.25) is 0 Å². The van der Waals surface area contributed by atoms with Gasteiger partial charge in [-0.15, -0.1) is 0 Å². The first-order chi connectivity index (χ1) is 10.1. The summed E-state index contributed by atoms with van der Waals surface area (Å²) in [6, 6.07) is 5.60. The van der Waals surface area contributed by atoms with Gasteiger partial charge in [-0.05, 0) is 43.4 Å². The van der Waals surface area contributed by atoms with Crippen LogP contribution in [0.1, 0.15) is 37.7 Å². The van der Waals surface area contributed by atoms with E-state index in [4.69, 9.17) is 5.73 Å². The average Bonchev–Trinajstić information content (AvgIpc) is 2.76. The van der Waals surface area contributed by atoms with Crippen LogP contribution in [-0.2, 0) is 16.6 Å². The fourth-order valence-electron chi connectivity index (χ4n) is 3.21. The van der Waals surface area contributed by atoms with Crippen LogP contribution in [0.3, 0.4) is 0 Å². The van der Waals surface area contributed by atoms with Crippen LogP contribution in [0.5, 0.6) is 0 Å². The number of nitrogen functional groups attached to an aromatic ring is 1. The minimum absolute atomic E-state index is 0.551. The molecule has 0 radical (unpaired) electrons. The van der Waals surface area contributed by atoms with Crippen molar-refractivity contribution in [2.75, 3.05) is 29.7 Å². The van der Waals surface area contributed by atoms with Crippen LogP contribution in [0.4, 0.5) is 11.4 Å². The highest BCUT2D eigenvalue weighted by molar-refractivity contribution is 7.90. The molecule has 1 aromatic carbocycles. The first-order valence-corrected chi connectivity index (χ1v) is 9.15. The molecule has 0 aromatic heterocycles. The van der Waals surface area contributed by atoms with Gasteiger partial charge in [0.1, 0.15) is 0 Å². The van der Waals surface area contributed by atoms with Gasteiger partial charge in [0, 0.05) is 25.3 Å². The molecule has 2 heterocycles. The van der Waals surface area contributed by atoms with Crippen molar-refractivity contribution in [2.45, 2.75) is 38.5 Å². The van der Waals surface area contributed by atoms with E-state index in [-0.39, 0.29) is 0 Å². The second-order valence-corrected chi connectivity index (χ2v) is 7.74. The minimum atomic E-state index is -3.43. The molecule has 0 atom stereocenters. The van der Waals surface area contributed by atoms with E-state index in [1.54, 1.807) is 14.7 Å². The normalized spacial score (nSPS) is 20.9. The van der Waals surface area contributed by atoms with Gasteiger partial charge in [0.25, 0.3) is 0 Å². The third-order valence-corrected chi connectivity index (χ3v) is 6.31. The van der Waals surface area contributed by atoms with E-state index >= 15 is 0 Å². The van der Waals surface area contributed by atoms with Crippen molar-refractivity contribution < 1.29 is 8.42 Å². The Morgan fingerprint density at radius 2 is 1.67 bits per heavy atom. The number of anilines is 2. The summed E-state index contributed by atoms with van der Waals surface area (Å²) < 4.78 is 29.2. The van der Waals surface area contributed by atoms with Crippen LogP contribution in [0, 0.1) is 0 Å². The van der Waals surface area contributed by atoms with E-state index in [0.717, 1.165) is 49.8 Å². The lowest BCUT2D eigenvalue weighted by Gasteiger charge is -2.34. The number of hydrogen-bond donors (Lipinski definition) is 1. The highest BCUT2D eigenvalue weighted by Crippen LogP contribution is 2.32. The molecule has 2 aliphatic heterocycles. The van der Waals surface area contributed by atoms with Crippen molar-refractivity contribution in [1.82, 2.24) is 4.31 Å². The van der Waals surface area contributed by atoms with Crippen molar-refractivity contribution in [3.05, 3.63) is 23.8 Å². The van der Waals surface area contributed by atoms with Crippen LogP contribution in [0.2, 0.25) is 0 Å².